The zero-order valence-corrected chi connectivity index (χ0v) is 33.1. The van der Waals surface area contributed by atoms with Crippen molar-refractivity contribution < 1.29 is 41.8 Å². The maximum atomic E-state index is 13.0. The molecule has 10 atom stereocenters. The molecule has 4 aromatic heterocycles. The Balaban J connectivity index is 1.12. The Morgan fingerprint density at radius 1 is 1.07 bits per heavy atom. The minimum Gasteiger partial charge on any atom is -0.365 e. The van der Waals surface area contributed by atoms with E-state index in [9.17, 15) is 19.7 Å². The van der Waals surface area contributed by atoms with Crippen LogP contribution < -0.4 is 11.0 Å². The molecule has 19 nitrogen and oxygen atoms in total. The smallest absolute Gasteiger partial charge is 0.346 e. The number of ether oxygens (including phenoxy) is 2. The number of aromatic amines is 1. The number of aromatic nitrogens is 7. The Hall–Kier alpha value is -3.87. The summed E-state index contributed by atoms with van der Waals surface area (Å²) < 4.78 is 47.0. The number of hydrogen-bond acceptors (Lipinski definition) is 16. The molecule has 7 heterocycles. The summed E-state index contributed by atoms with van der Waals surface area (Å²) in [6.07, 6.45) is 0.832. The molecule has 1 amide bonds. The Kier molecular flexibility index (Phi) is 11.0. The number of nitrogens with one attached hydrogen (secondary N) is 2. The highest BCUT2D eigenvalue weighted by Crippen LogP contribution is 2.58. The average Bonchev–Trinajstić information content (AvgIpc) is 3.95. The first-order chi connectivity index (χ1) is 26.9. The summed E-state index contributed by atoms with van der Waals surface area (Å²) in [6.45, 7) is -4.49. The molecule has 3 aliphatic rings. The number of fused-ring (bicyclic) bond motifs is 5. The van der Waals surface area contributed by atoms with E-state index in [4.69, 9.17) is 55.7 Å². The Morgan fingerprint density at radius 2 is 1.88 bits per heavy atom. The monoisotopic (exact) mass is 843 g/mol. The first-order valence-corrected chi connectivity index (χ1v) is 22.6. The predicted molar refractivity (Wildman–Crippen MR) is 204 cm³/mol. The Morgan fingerprint density at radius 3 is 2.68 bits per heavy atom. The number of nitriles is 1. The molecule has 8 rings (SSSR count). The van der Waals surface area contributed by atoms with Crippen LogP contribution in [0.2, 0.25) is 0 Å². The number of imidazole rings is 1. The van der Waals surface area contributed by atoms with E-state index in [0.29, 0.717) is 22.3 Å². The molecule has 2 bridgehead atoms. The highest BCUT2D eigenvalue weighted by atomic mass is 32.5. The SMILES string of the molecule is C[C@@H]1[C@@H]2OP(O)(=S)OC[C@H]3O[C@@H](n4cnc5c(NC(=O)c6ccccc6)ncnc54)[C@H](OP(=S)(OCCC#N)OC[C@H]2O[C@H]1c1cnn2c(=O)[nH]ccc12)[C@@H]3C. The maximum Gasteiger partial charge on any atom is 0.346 e. The minimum absolute atomic E-state index is 0.00831. The fourth-order valence-corrected chi connectivity index (χ4v) is 10.7. The van der Waals surface area contributed by atoms with Crippen molar-refractivity contribution in [2.45, 2.75) is 57.0 Å². The van der Waals surface area contributed by atoms with Crippen molar-refractivity contribution >= 4 is 65.5 Å². The number of benzene rings is 1. The first-order valence-electron chi connectivity index (χ1n) is 17.5. The van der Waals surface area contributed by atoms with Crippen LogP contribution in [0.25, 0.3) is 16.7 Å². The minimum atomic E-state index is -3.96. The summed E-state index contributed by atoms with van der Waals surface area (Å²) in [6, 6.07) is 12.4. The second-order valence-electron chi connectivity index (χ2n) is 13.3. The second kappa shape index (κ2) is 15.8. The van der Waals surface area contributed by atoms with Crippen LogP contribution in [-0.2, 0) is 55.7 Å². The van der Waals surface area contributed by atoms with Gasteiger partial charge in [-0.2, -0.15) is 14.9 Å². The molecule has 23 heteroatoms. The normalized spacial score (nSPS) is 32.2. The molecule has 0 saturated carbocycles. The summed E-state index contributed by atoms with van der Waals surface area (Å²) in [5, 5.41) is 16.3. The summed E-state index contributed by atoms with van der Waals surface area (Å²) >= 11 is 11.5. The van der Waals surface area contributed by atoms with Crippen molar-refractivity contribution in [1.29, 1.82) is 5.26 Å². The summed E-state index contributed by atoms with van der Waals surface area (Å²) in [4.78, 5) is 52.7. The molecule has 0 aliphatic carbocycles. The number of carbonyl (C=O) groups excluding carboxylic acids is 1. The molecule has 56 heavy (non-hydrogen) atoms. The number of carbonyl (C=O) groups is 1. The molecular weight excluding hydrogens is 808 g/mol. The number of rotatable bonds is 7. The van der Waals surface area contributed by atoms with E-state index in [2.05, 4.69) is 30.4 Å². The fourth-order valence-electron chi connectivity index (χ4n) is 7.01. The van der Waals surface area contributed by atoms with Crippen LogP contribution in [0.5, 0.6) is 0 Å². The van der Waals surface area contributed by atoms with Crippen molar-refractivity contribution in [2.24, 2.45) is 11.8 Å². The summed E-state index contributed by atoms with van der Waals surface area (Å²) in [5.41, 5.74) is 1.72. The van der Waals surface area contributed by atoms with Gasteiger partial charge in [-0.25, -0.2) is 19.7 Å². The standard InChI is InChI=1S/C33H35N9O10P2S2/c1-18-23-14-47-53(45,55)51-27-19(2)26(21-13-39-42-22(21)9-11-35-33(42)44)49-24(27)15-48-54(56,46-12-6-10-34)52-28(18)32(50-23)41-17-38-25-29(36-16-37-30(25)41)40-31(43)20-7-4-3-5-8-20/h3-5,7-9,11,13,16-19,23-24,26-28,32H,6,12,14-15H2,1-2H3,(H,35,44)(H,45,55)(H,36,37,40,43)/t18-,19+,23-,24-,26-,27+,28-,32-,53?,54?/m1/s1. The molecule has 5 aromatic rings. The zero-order valence-electron chi connectivity index (χ0n) is 29.7. The number of hydrogen-bond donors (Lipinski definition) is 3. The van der Waals surface area contributed by atoms with Crippen LogP contribution >= 0.6 is 13.4 Å². The highest BCUT2D eigenvalue weighted by Gasteiger charge is 2.51. The van der Waals surface area contributed by atoms with E-state index in [1.54, 1.807) is 41.0 Å². The lowest BCUT2D eigenvalue weighted by atomic mass is 9.94. The topological polar surface area (TPSA) is 231 Å². The number of amides is 1. The van der Waals surface area contributed by atoms with Gasteiger partial charge >= 0.3 is 19.1 Å². The molecule has 3 aliphatic heterocycles. The van der Waals surface area contributed by atoms with Crippen LogP contribution in [0, 0.1) is 23.2 Å². The molecule has 0 radical (unpaired) electrons. The predicted octanol–water partition coefficient (Wildman–Crippen LogP) is 3.91. The van der Waals surface area contributed by atoms with Gasteiger partial charge in [0.2, 0.25) is 0 Å². The maximum absolute atomic E-state index is 13.0. The number of H-pyrrole nitrogens is 1. The number of anilines is 1. The van der Waals surface area contributed by atoms with Gasteiger partial charge in [-0.05, 0) is 41.8 Å². The van der Waals surface area contributed by atoms with Crippen molar-refractivity contribution in [3.8, 4) is 6.07 Å². The van der Waals surface area contributed by atoms with E-state index < -0.39 is 67.7 Å². The number of nitrogens with zero attached hydrogens (tertiary/aromatic N) is 7. The van der Waals surface area contributed by atoms with Gasteiger partial charge in [0.25, 0.3) is 5.91 Å². The van der Waals surface area contributed by atoms with E-state index in [1.807, 2.05) is 19.9 Å². The van der Waals surface area contributed by atoms with Gasteiger partial charge in [0.05, 0.1) is 62.6 Å². The second-order valence-corrected chi connectivity index (χ2v) is 19.1. The van der Waals surface area contributed by atoms with Crippen LogP contribution in [0.1, 0.15) is 48.5 Å². The van der Waals surface area contributed by atoms with Crippen molar-refractivity contribution in [3.05, 3.63) is 83.1 Å². The molecule has 3 N–H and O–H groups in total. The van der Waals surface area contributed by atoms with Crippen LogP contribution in [-0.4, -0.2) is 89.2 Å². The van der Waals surface area contributed by atoms with Gasteiger partial charge < -0.3 is 47.3 Å². The van der Waals surface area contributed by atoms with Gasteiger partial charge in [-0.15, -0.1) is 0 Å². The highest BCUT2D eigenvalue weighted by molar-refractivity contribution is 8.07. The van der Waals surface area contributed by atoms with Gasteiger partial charge in [-0.3, -0.25) is 9.36 Å². The summed E-state index contributed by atoms with van der Waals surface area (Å²) in [5.74, 6) is -1.14. The van der Waals surface area contributed by atoms with Gasteiger partial charge in [0.15, 0.2) is 23.2 Å². The Labute approximate surface area is 328 Å². The fraction of sp³-hybridized carbons (Fsp3) is 0.424. The lowest BCUT2D eigenvalue weighted by Crippen LogP contribution is -2.32. The summed E-state index contributed by atoms with van der Waals surface area (Å²) in [7, 11) is 0. The molecule has 0 spiro atoms. The average molecular weight is 844 g/mol. The van der Waals surface area contributed by atoms with Crippen molar-refractivity contribution in [3.63, 3.8) is 0 Å². The molecule has 1 aromatic carbocycles. The third-order valence-corrected chi connectivity index (χ3v) is 13.8. The van der Waals surface area contributed by atoms with Crippen molar-refractivity contribution in [2.75, 3.05) is 25.1 Å². The van der Waals surface area contributed by atoms with Gasteiger partial charge in [0, 0.05) is 29.2 Å². The van der Waals surface area contributed by atoms with Gasteiger partial charge in [0.1, 0.15) is 24.6 Å². The van der Waals surface area contributed by atoms with E-state index >= 15 is 0 Å². The molecular formula is C33H35N9O10P2S2. The van der Waals surface area contributed by atoms with E-state index in [1.165, 1.54) is 29.6 Å². The quantitative estimate of drug-likeness (QED) is 0.156. The third kappa shape index (κ3) is 7.61. The first kappa shape index (κ1) is 39.0. The van der Waals surface area contributed by atoms with Crippen LogP contribution in [0.3, 0.4) is 0 Å². The van der Waals surface area contributed by atoms with Gasteiger partial charge in [-0.1, -0.05) is 32.0 Å². The lowest BCUT2D eigenvalue weighted by Gasteiger charge is -2.30. The molecule has 294 valence electrons. The van der Waals surface area contributed by atoms with Crippen molar-refractivity contribution in [1.82, 2.24) is 34.1 Å². The largest absolute Gasteiger partial charge is 0.365 e. The Bertz CT molecular complexity index is 2460. The van der Waals surface area contributed by atoms with Crippen LogP contribution in [0.4, 0.5) is 5.82 Å². The molecule has 2 unspecified atom stereocenters. The molecule has 3 saturated heterocycles. The lowest BCUT2D eigenvalue weighted by molar-refractivity contribution is -0.0567. The van der Waals surface area contributed by atoms with E-state index in [0.717, 1.165) is 0 Å². The zero-order chi connectivity index (χ0) is 39.2. The van der Waals surface area contributed by atoms with E-state index in [-0.39, 0.29) is 43.5 Å². The third-order valence-electron chi connectivity index (χ3n) is 9.84. The molecule has 3 fully saturated rings. The van der Waals surface area contributed by atoms with Crippen LogP contribution in [0.15, 0.2) is 66.2 Å².